The highest BCUT2D eigenvalue weighted by molar-refractivity contribution is 7.19. The summed E-state index contributed by atoms with van der Waals surface area (Å²) in [6.07, 6.45) is -0.0210. The first-order chi connectivity index (χ1) is 15.2. The molecule has 0 aliphatic rings. The average Bonchev–Trinajstić information content (AvgIpc) is 3.46. The van der Waals surface area contributed by atoms with Gasteiger partial charge in [0.15, 0.2) is 11.4 Å². The van der Waals surface area contributed by atoms with Gasteiger partial charge in [0, 0.05) is 37.8 Å². The van der Waals surface area contributed by atoms with E-state index in [9.17, 15) is 18.0 Å². The molecule has 0 fully saturated rings. The number of hydrogen-bond donors (Lipinski definition) is 1. The van der Waals surface area contributed by atoms with Gasteiger partial charge in [0.2, 0.25) is 0 Å². The second-order valence-corrected chi connectivity index (χ2v) is 8.19. The number of aryl methyl sites for hydroxylation is 2. The summed E-state index contributed by atoms with van der Waals surface area (Å²) in [7, 11) is 3.18. The van der Waals surface area contributed by atoms with Crippen LogP contribution in [0.15, 0.2) is 29.5 Å². The van der Waals surface area contributed by atoms with E-state index in [0.717, 1.165) is 26.3 Å². The molecule has 166 valence electrons. The van der Waals surface area contributed by atoms with Gasteiger partial charge >= 0.3 is 6.36 Å². The Labute approximate surface area is 180 Å². The molecule has 0 unspecified atom stereocenters. The number of nitrogens with one attached hydrogen (secondary N) is 1. The SMILES string of the molecule is Cn1cc(OC(F)(F)F)c(Cn2ncc3c4sc(Cc5ccn[nH]5)nc4n(C)c3c2=O)n1. The van der Waals surface area contributed by atoms with Gasteiger partial charge in [-0.05, 0) is 6.07 Å². The zero-order valence-corrected chi connectivity index (χ0v) is 17.5. The maximum absolute atomic E-state index is 13.1. The first-order valence-electron chi connectivity index (χ1n) is 9.30. The smallest absolute Gasteiger partial charge is 0.402 e. The molecule has 0 bridgehead atoms. The number of aromatic amines is 1. The lowest BCUT2D eigenvalue weighted by Gasteiger charge is -2.09. The highest BCUT2D eigenvalue weighted by Crippen LogP contribution is 2.32. The summed E-state index contributed by atoms with van der Waals surface area (Å²) in [4.78, 5) is 17.7. The lowest BCUT2D eigenvalue weighted by Crippen LogP contribution is -2.25. The number of fused-ring (bicyclic) bond motifs is 3. The number of thiazole rings is 1. The molecule has 5 aromatic heterocycles. The van der Waals surface area contributed by atoms with Crippen molar-refractivity contribution in [1.82, 2.24) is 39.3 Å². The van der Waals surface area contributed by atoms with E-state index in [1.54, 1.807) is 17.8 Å². The van der Waals surface area contributed by atoms with Crippen LogP contribution in [-0.4, -0.2) is 45.7 Å². The van der Waals surface area contributed by atoms with Crippen LogP contribution in [0.3, 0.4) is 0 Å². The molecule has 5 rings (SSSR count). The minimum Gasteiger partial charge on any atom is -0.402 e. The highest BCUT2D eigenvalue weighted by atomic mass is 32.1. The van der Waals surface area contributed by atoms with E-state index in [-0.39, 0.29) is 12.2 Å². The molecule has 32 heavy (non-hydrogen) atoms. The van der Waals surface area contributed by atoms with E-state index in [1.807, 2.05) is 6.07 Å². The van der Waals surface area contributed by atoms with Crippen LogP contribution in [0.1, 0.15) is 16.4 Å². The van der Waals surface area contributed by atoms with Crippen molar-refractivity contribution in [1.29, 1.82) is 0 Å². The summed E-state index contributed by atoms with van der Waals surface area (Å²) < 4.78 is 46.8. The van der Waals surface area contributed by atoms with E-state index in [4.69, 9.17) is 0 Å². The summed E-state index contributed by atoms with van der Waals surface area (Å²) in [5.41, 5.74) is 1.39. The van der Waals surface area contributed by atoms with Gasteiger partial charge in [-0.1, -0.05) is 0 Å². The van der Waals surface area contributed by atoms with Gasteiger partial charge in [0.05, 0.1) is 23.6 Å². The number of nitrogens with zero attached hydrogens (tertiary/aromatic N) is 7. The molecule has 0 spiro atoms. The second-order valence-electron chi connectivity index (χ2n) is 7.11. The molecule has 0 saturated heterocycles. The summed E-state index contributed by atoms with van der Waals surface area (Å²) in [5.74, 6) is -0.480. The van der Waals surface area contributed by atoms with Gasteiger partial charge in [-0.15, -0.1) is 24.5 Å². The minimum absolute atomic E-state index is 0.0604. The third kappa shape index (κ3) is 3.51. The number of rotatable bonds is 5. The average molecular weight is 464 g/mol. The largest absolute Gasteiger partial charge is 0.573 e. The molecule has 5 heterocycles. The van der Waals surface area contributed by atoms with E-state index in [0.29, 0.717) is 23.0 Å². The van der Waals surface area contributed by atoms with Gasteiger partial charge in [-0.3, -0.25) is 14.6 Å². The molecule has 0 aromatic carbocycles. The van der Waals surface area contributed by atoms with Gasteiger partial charge in [-0.2, -0.15) is 15.3 Å². The van der Waals surface area contributed by atoms with Gasteiger partial charge in [0.25, 0.3) is 5.56 Å². The van der Waals surface area contributed by atoms with Gasteiger partial charge in [-0.25, -0.2) is 9.67 Å². The Hall–Kier alpha value is -3.68. The van der Waals surface area contributed by atoms with Crippen molar-refractivity contribution in [3.05, 3.63) is 51.4 Å². The van der Waals surface area contributed by atoms with Crippen LogP contribution in [0.4, 0.5) is 13.2 Å². The number of halogens is 3. The molecular formula is C18H15F3N8O2S. The maximum atomic E-state index is 13.1. The summed E-state index contributed by atoms with van der Waals surface area (Å²) >= 11 is 1.45. The lowest BCUT2D eigenvalue weighted by molar-refractivity contribution is -0.274. The normalized spacial score (nSPS) is 12.3. The molecule has 0 radical (unpaired) electrons. The first-order valence-corrected chi connectivity index (χ1v) is 10.1. The topological polar surface area (TPSA) is 108 Å². The predicted octanol–water partition coefficient (Wildman–Crippen LogP) is 2.34. The molecule has 1 N–H and O–H groups in total. The fraction of sp³-hybridized carbons (Fsp3) is 0.278. The maximum Gasteiger partial charge on any atom is 0.573 e. The molecule has 5 aromatic rings. The third-order valence-electron chi connectivity index (χ3n) is 4.86. The predicted molar refractivity (Wildman–Crippen MR) is 109 cm³/mol. The highest BCUT2D eigenvalue weighted by Gasteiger charge is 2.33. The van der Waals surface area contributed by atoms with Crippen LogP contribution < -0.4 is 10.3 Å². The van der Waals surface area contributed by atoms with Crippen molar-refractivity contribution in [2.24, 2.45) is 14.1 Å². The number of alkyl halides is 3. The van der Waals surface area contributed by atoms with Crippen molar-refractivity contribution < 1.29 is 17.9 Å². The van der Waals surface area contributed by atoms with E-state index < -0.39 is 17.7 Å². The number of hydrogen-bond acceptors (Lipinski definition) is 7. The summed E-state index contributed by atoms with van der Waals surface area (Å²) in [5, 5.41) is 16.4. The Morgan fingerprint density at radius 1 is 1.28 bits per heavy atom. The van der Waals surface area contributed by atoms with Gasteiger partial charge < -0.3 is 9.30 Å². The Bertz CT molecular complexity index is 1490. The molecule has 0 amide bonds. The van der Waals surface area contributed by atoms with E-state index in [2.05, 4.69) is 30.1 Å². The number of ether oxygens (including phenoxy) is 1. The van der Waals surface area contributed by atoms with Crippen LogP contribution in [-0.2, 0) is 27.1 Å². The fourth-order valence-electron chi connectivity index (χ4n) is 3.54. The van der Waals surface area contributed by atoms with Crippen molar-refractivity contribution in [3.8, 4) is 5.75 Å². The van der Waals surface area contributed by atoms with Crippen LogP contribution in [0, 0.1) is 0 Å². The van der Waals surface area contributed by atoms with Crippen LogP contribution >= 0.6 is 11.3 Å². The standard InChI is InChI=1S/C18H15F3N8O2S/c1-27-8-12(31-18(19,20)21)11(26-27)7-29-17(30)14-10(6-23-29)15-16(28(14)2)24-13(32-15)5-9-3-4-22-25-9/h3-4,6,8H,5,7H2,1-2H3,(H,22,25). The van der Waals surface area contributed by atoms with Crippen LogP contribution in [0.2, 0.25) is 0 Å². The molecule has 0 aliphatic carbocycles. The molecule has 0 aliphatic heterocycles. The number of H-pyrrole nitrogens is 1. The summed E-state index contributed by atoms with van der Waals surface area (Å²) in [6.45, 7) is -0.279. The summed E-state index contributed by atoms with van der Waals surface area (Å²) in [6, 6.07) is 1.86. The Balaban J connectivity index is 1.53. The third-order valence-corrected chi connectivity index (χ3v) is 5.94. The molecule has 10 nitrogen and oxygen atoms in total. The van der Waals surface area contributed by atoms with Crippen molar-refractivity contribution in [2.75, 3.05) is 0 Å². The Kier molecular flexibility index (Phi) is 4.54. The van der Waals surface area contributed by atoms with E-state index in [1.165, 1.54) is 29.3 Å². The Morgan fingerprint density at radius 2 is 2.09 bits per heavy atom. The molecule has 14 heteroatoms. The molecular weight excluding hydrogens is 449 g/mol. The zero-order chi connectivity index (χ0) is 22.6. The zero-order valence-electron chi connectivity index (χ0n) is 16.7. The number of aromatic nitrogens is 8. The van der Waals surface area contributed by atoms with Crippen LogP contribution in [0.5, 0.6) is 5.75 Å². The monoisotopic (exact) mass is 464 g/mol. The Morgan fingerprint density at radius 3 is 2.81 bits per heavy atom. The lowest BCUT2D eigenvalue weighted by atomic mass is 10.3. The molecule has 0 saturated carbocycles. The van der Waals surface area contributed by atoms with Crippen molar-refractivity contribution in [2.45, 2.75) is 19.3 Å². The molecule has 0 atom stereocenters. The fourth-order valence-corrected chi connectivity index (χ4v) is 4.67. The van der Waals surface area contributed by atoms with E-state index >= 15 is 0 Å². The van der Waals surface area contributed by atoms with Crippen molar-refractivity contribution >= 4 is 32.6 Å². The second kappa shape index (κ2) is 7.19. The quantitative estimate of drug-likeness (QED) is 0.428. The van der Waals surface area contributed by atoms with Gasteiger partial charge in [0.1, 0.15) is 16.2 Å². The van der Waals surface area contributed by atoms with Crippen LogP contribution in [0.25, 0.3) is 21.3 Å². The minimum atomic E-state index is -4.87. The first kappa shape index (κ1) is 20.2. The van der Waals surface area contributed by atoms with Crippen molar-refractivity contribution in [3.63, 3.8) is 0 Å².